The molecule has 2 N–H and O–H groups in total. The molecule has 3 heterocycles. The van der Waals surface area contributed by atoms with E-state index in [1.54, 1.807) is 0 Å². The van der Waals surface area contributed by atoms with Crippen molar-refractivity contribution in [2.24, 2.45) is 5.92 Å². The summed E-state index contributed by atoms with van der Waals surface area (Å²) in [5, 5.41) is 3.14. The molecule has 0 radical (unpaired) electrons. The van der Waals surface area contributed by atoms with Gasteiger partial charge in [-0.05, 0) is 58.1 Å². The van der Waals surface area contributed by atoms with Gasteiger partial charge < -0.3 is 19.9 Å². The van der Waals surface area contributed by atoms with Crippen molar-refractivity contribution in [2.45, 2.75) is 65.5 Å². The maximum absolute atomic E-state index is 13.4. The summed E-state index contributed by atoms with van der Waals surface area (Å²) in [7, 11) is 0. The van der Waals surface area contributed by atoms with Crippen LogP contribution in [0.3, 0.4) is 0 Å². The van der Waals surface area contributed by atoms with Gasteiger partial charge in [-0.25, -0.2) is 9.97 Å². The molecular weight excluding hydrogens is 442 g/mol. The van der Waals surface area contributed by atoms with Crippen LogP contribution < -0.4 is 10.1 Å². The smallest absolute Gasteiger partial charge is 0.255 e. The van der Waals surface area contributed by atoms with Crippen LogP contribution in [0.25, 0.3) is 22.3 Å². The Morgan fingerprint density at radius 3 is 2.77 bits per heavy atom. The quantitative estimate of drug-likeness (QED) is 0.534. The van der Waals surface area contributed by atoms with Gasteiger partial charge in [0.2, 0.25) is 5.91 Å². The first kappa shape index (κ1) is 23.3. The number of fused-ring (bicyclic) bond motifs is 1. The molecule has 2 aromatic heterocycles. The minimum Gasteiger partial charge on any atom is -0.493 e. The van der Waals surface area contributed by atoms with E-state index in [0.29, 0.717) is 36.6 Å². The van der Waals surface area contributed by atoms with Crippen molar-refractivity contribution in [3.05, 3.63) is 41.3 Å². The minimum absolute atomic E-state index is 0.0853. The summed E-state index contributed by atoms with van der Waals surface area (Å²) in [6.45, 7) is 9.06. The molecule has 1 saturated carbocycles. The molecule has 2 aliphatic rings. The van der Waals surface area contributed by atoms with Crippen LogP contribution in [0.4, 0.5) is 0 Å². The fraction of sp³-hybridized carbons (Fsp3) is 0.481. The number of rotatable bonds is 7. The van der Waals surface area contributed by atoms with Crippen molar-refractivity contribution in [3.8, 4) is 17.0 Å². The van der Waals surface area contributed by atoms with Gasteiger partial charge in [0.1, 0.15) is 23.3 Å². The second-order valence-corrected chi connectivity index (χ2v) is 9.98. The first-order valence-corrected chi connectivity index (χ1v) is 12.5. The number of ether oxygens (including phenoxy) is 1. The number of carbonyl (C=O) groups excluding carboxylic acids is 2. The van der Waals surface area contributed by atoms with E-state index in [2.05, 4.69) is 26.3 Å². The molecule has 3 aromatic rings. The summed E-state index contributed by atoms with van der Waals surface area (Å²) in [5.74, 6) is 1.37. The van der Waals surface area contributed by atoms with Crippen LogP contribution in [0.5, 0.6) is 5.75 Å². The lowest BCUT2D eigenvalue weighted by Gasteiger charge is -2.20. The lowest BCUT2D eigenvalue weighted by molar-refractivity contribution is -0.131. The van der Waals surface area contributed by atoms with Gasteiger partial charge >= 0.3 is 0 Å². The van der Waals surface area contributed by atoms with E-state index in [-0.39, 0.29) is 23.9 Å². The van der Waals surface area contributed by atoms with E-state index in [1.165, 1.54) is 19.2 Å². The highest BCUT2D eigenvalue weighted by Crippen LogP contribution is 2.37. The Morgan fingerprint density at radius 1 is 1.23 bits per heavy atom. The third-order valence-corrected chi connectivity index (χ3v) is 7.09. The standard InChI is InChI=1S/C27H33N5O3/c1-5-22(33)32-12-19(11-16(32)3)31-27(34)23-17(4)30-26-24(28-14-29-25(23)26)20-10-15(2)6-9-21(20)35-13-18-7-8-18/h6,9-10,14,16,18-19,30H,5,7-8,11-13H2,1-4H3,(H,31,34)/t16-,19-/m1/s1. The predicted octanol–water partition coefficient (Wildman–Crippen LogP) is 4.16. The highest BCUT2D eigenvalue weighted by molar-refractivity contribution is 6.09. The van der Waals surface area contributed by atoms with Crippen LogP contribution in [0.2, 0.25) is 0 Å². The minimum atomic E-state index is -0.184. The van der Waals surface area contributed by atoms with Gasteiger partial charge in [-0.15, -0.1) is 0 Å². The van der Waals surface area contributed by atoms with E-state index < -0.39 is 0 Å². The second kappa shape index (κ2) is 9.32. The third-order valence-electron chi connectivity index (χ3n) is 7.09. The molecule has 1 aliphatic carbocycles. The first-order chi connectivity index (χ1) is 16.9. The average Bonchev–Trinajstić information content (AvgIpc) is 3.50. The van der Waals surface area contributed by atoms with E-state index in [0.717, 1.165) is 40.2 Å². The second-order valence-electron chi connectivity index (χ2n) is 9.98. The summed E-state index contributed by atoms with van der Waals surface area (Å²) in [4.78, 5) is 39.9. The monoisotopic (exact) mass is 475 g/mol. The number of aromatic amines is 1. The predicted molar refractivity (Wildman–Crippen MR) is 134 cm³/mol. The first-order valence-electron chi connectivity index (χ1n) is 12.5. The van der Waals surface area contributed by atoms with E-state index in [9.17, 15) is 9.59 Å². The molecule has 5 rings (SSSR count). The van der Waals surface area contributed by atoms with Gasteiger partial charge in [0.05, 0.1) is 17.7 Å². The maximum atomic E-state index is 13.4. The lowest BCUT2D eigenvalue weighted by Crippen LogP contribution is -2.39. The topological polar surface area (TPSA) is 100 Å². The molecule has 1 saturated heterocycles. The molecule has 0 spiro atoms. The zero-order valence-corrected chi connectivity index (χ0v) is 20.9. The Hall–Kier alpha value is -3.42. The van der Waals surface area contributed by atoms with E-state index >= 15 is 0 Å². The van der Waals surface area contributed by atoms with E-state index in [1.807, 2.05) is 44.7 Å². The highest BCUT2D eigenvalue weighted by Gasteiger charge is 2.33. The molecule has 1 aromatic carbocycles. The Kier molecular flexibility index (Phi) is 6.21. The molecule has 2 atom stereocenters. The molecule has 2 fully saturated rings. The van der Waals surface area contributed by atoms with Crippen LogP contribution in [-0.4, -0.2) is 56.9 Å². The molecule has 0 bridgehead atoms. The van der Waals surface area contributed by atoms with Crippen LogP contribution in [0.15, 0.2) is 24.5 Å². The molecular formula is C27H33N5O3. The largest absolute Gasteiger partial charge is 0.493 e. The van der Waals surface area contributed by atoms with Crippen molar-refractivity contribution in [3.63, 3.8) is 0 Å². The number of nitrogens with zero attached hydrogens (tertiary/aromatic N) is 3. The van der Waals surface area contributed by atoms with Gasteiger partial charge in [0.25, 0.3) is 5.91 Å². The van der Waals surface area contributed by atoms with Crippen LogP contribution in [0.1, 0.15) is 61.1 Å². The van der Waals surface area contributed by atoms with Gasteiger partial charge in [0, 0.05) is 36.3 Å². The van der Waals surface area contributed by atoms with Crippen molar-refractivity contribution < 1.29 is 14.3 Å². The average molecular weight is 476 g/mol. The fourth-order valence-corrected chi connectivity index (χ4v) is 4.99. The van der Waals surface area contributed by atoms with Crippen LogP contribution >= 0.6 is 0 Å². The van der Waals surface area contributed by atoms with E-state index in [4.69, 9.17) is 4.74 Å². The number of nitrogens with one attached hydrogen (secondary N) is 2. The number of aromatic nitrogens is 3. The maximum Gasteiger partial charge on any atom is 0.255 e. The summed E-state index contributed by atoms with van der Waals surface area (Å²) in [6, 6.07) is 6.13. The van der Waals surface area contributed by atoms with Gasteiger partial charge in [0.15, 0.2) is 0 Å². The number of amides is 2. The van der Waals surface area contributed by atoms with Crippen molar-refractivity contribution in [1.29, 1.82) is 0 Å². The van der Waals surface area contributed by atoms with Gasteiger partial charge in [-0.1, -0.05) is 18.6 Å². The Labute approximate surface area is 205 Å². The third kappa shape index (κ3) is 4.61. The Balaban J connectivity index is 1.45. The Morgan fingerprint density at radius 2 is 2.03 bits per heavy atom. The Bertz CT molecular complexity index is 1280. The number of H-pyrrole nitrogens is 1. The normalized spacial score (nSPS) is 19.8. The highest BCUT2D eigenvalue weighted by atomic mass is 16.5. The van der Waals surface area contributed by atoms with Crippen molar-refractivity contribution in [2.75, 3.05) is 13.2 Å². The number of hydrogen-bond donors (Lipinski definition) is 2. The molecule has 35 heavy (non-hydrogen) atoms. The van der Waals surface area contributed by atoms with Crippen molar-refractivity contribution in [1.82, 2.24) is 25.2 Å². The summed E-state index contributed by atoms with van der Waals surface area (Å²) in [5.41, 5.74) is 5.29. The zero-order chi connectivity index (χ0) is 24.7. The molecule has 2 amide bonds. The summed E-state index contributed by atoms with van der Waals surface area (Å²) < 4.78 is 6.16. The van der Waals surface area contributed by atoms with Crippen molar-refractivity contribution >= 4 is 22.8 Å². The zero-order valence-electron chi connectivity index (χ0n) is 20.9. The SMILES string of the molecule is CCC(=O)N1C[C@H](NC(=O)c2c(C)[nH]c3c(-c4cc(C)ccc4OCC4CC4)ncnc23)C[C@H]1C. The number of benzene rings is 1. The molecule has 1 aliphatic heterocycles. The summed E-state index contributed by atoms with van der Waals surface area (Å²) in [6.07, 6.45) is 5.16. The summed E-state index contributed by atoms with van der Waals surface area (Å²) >= 11 is 0. The van der Waals surface area contributed by atoms with Crippen LogP contribution in [0, 0.1) is 19.8 Å². The van der Waals surface area contributed by atoms with Crippen LogP contribution in [-0.2, 0) is 4.79 Å². The molecule has 0 unspecified atom stereocenters. The molecule has 8 nitrogen and oxygen atoms in total. The fourth-order valence-electron chi connectivity index (χ4n) is 4.99. The molecule has 8 heteroatoms. The number of aryl methyl sites for hydroxylation is 2. The lowest BCUT2D eigenvalue weighted by atomic mass is 10.1. The molecule has 184 valence electrons. The number of carbonyl (C=O) groups is 2. The number of hydrogen-bond acceptors (Lipinski definition) is 5. The van der Waals surface area contributed by atoms with Gasteiger partial charge in [-0.3, -0.25) is 9.59 Å². The number of likely N-dealkylation sites (tertiary alicyclic amines) is 1. The van der Waals surface area contributed by atoms with Gasteiger partial charge in [-0.2, -0.15) is 0 Å².